The lowest BCUT2D eigenvalue weighted by molar-refractivity contribution is -0.132. The molecular weight excluding hydrogens is 378 g/mol. The Morgan fingerprint density at radius 1 is 1.25 bits per heavy atom. The number of hydrogen-bond donors (Lipinski definition) is 2. The van der Waals surface area contributed by atoms with Crippen LogP contribution in [0.25, 0.3) is 10.9 Å². The number of piperidine rings is 1. The number of aromatic amines is 1. The summed E-state index contributed by atoms with van der Waals surface area (Å²) in [6.07, 6.45) is 1.64. The van der Waals surface area contributed by atoms with Crippen molar-refractivity contribution in [2.75, 3.05) is 19.6 Å². The number of ether oxygens (including phenoxy) is 1. The molecule has 2 N–H and O–H groups in total. The second kappa shape index (κ2) is 8.43. The van der Waals surface area contributed by atoms with Crippen molar-refractivity contribution in [3.63, 3.8) is 0 Å². The van der Waals surface area contributed by atoms with Crippen LogP contribution in [-0.4, -0.2) is 47.1 Å². The number of carbonyl (C=O) groups is 2. The maximum Gasteiger partial charge on any atom is 0.407 e. The van der Waals surface area contributed by atoms with E-state index in [9.17, 15) is 9.59 Å². The number of hydrogen-bond acceptors (Lipinski definition) is 3. The molecule has 1 aromatic heterocycles. The number of likely N-dealkylation sites (tertiary alicyclic amines) is 1. The monoisotopic (exact) mass is 405 g/mol. The zero-order valence-corrected chi connectivity index (χ0v) is 17.4. The van der Waals surface area contributed by atoms with Crippen LogP contribution < -0.4 is 5.32 Å². The molecule has 1 fully saturated rings. The summed E-state index contributed by atoms with van der Waals surface area (Å²) < 4.78 is 5.17. The van der Waals surface area contributed by atoms with Gasteiger partial charge in [0.05, 0.1) is 0 Å². The molecule has 0 bridgehead atoms. The molecule has 1 aromatic carbocycles. The fourth-order valence-electron chi connectivity index (χ4n) is 3.53. The number of rotatable bonds is 4. The molecule has 3 rings (SSSR count). The molecule has 2 aromatic rings. The summed E-state index contributed by atoms with van der Waals surface area (Å²) in [4.78, 5) is 29.4. The molecule has 1 aliphatic heterocycles. The predicted molar refractivity (Wildman–Crippen MR) is 111 cm³/mol. The van der Waals surface area contributed by atoms with Gasteiger partial charge in [-0.2, -0.15) is 0 Å². The van der Waals surface area contributed by atoms with E-state index in [1.807, 2.05) is 43.9 Å². The number of amides is 2. The lowest BCUT2D eigenvalue weighted by Crippen LogP contribution is -2.40. The summed E-state index contributed by atoms with van der Waals surface area (Å²) >= 11 is 6.07. The summed E-state index contributed by atoms with van der Waals surface area (Å²) in [6, 6.07) is 8.01. The highest BCUT2D eigenvalue weighted by molar-refractivity contribution is 6.31. The van der Waals surface area contributed by atoms with Crippen LogP contribution in [0.2, 0.25) is 5.02 Å². The minimum absolute atomic E-state index is 0.0675. The Labute approximate surface area is 170 Å². The molecule has 0 spiro atoms. The average molecular weight is 406 g/mol. The Balaban J connectivity index is 1.45. The first kappa shape index (κ1) is 20.5. The zero-order valence-electron chi connectivity index (χ0n) is 16.7. The van der Waals surface area contributed by atoms with Crippen molar-refractivity contribution in [3.8, 4) is 0 Å². The van der Waals surface area contributed by atoms with Crippen LogP contribution in [0.4, 0.5) is 4.79 Å². The molecule has 28 heavy (non-hydrogen) atoms. The van der Waals surface area contributed by atoms with Crippen molar-refractivity contribution in [2.24, 2.45) is 0 Å². The normalized spacial score (nSPS) is 15.6. The van der Waals surface area contributed by atoms with Crippen LogP contribution in [-0.2, 0) is 9.53 Å². The number of halogens is 1. The van der Waals surface area contributed by atoms with E-state index >= 15 is 0 Å². The Morgan fingerprint density at radius 3 is 2.64 bits per heavy atom. The van der Waals surface area contributed by atoms with Crippen molar-refractivity contribution >= 4 is 34.5 Å². The molecular formula is C21H28ClN3O3. The minimum atomic E-state index is -0.538. The van der Waals surface area contributed by atoms with E-state index in [4.69, 9.17) is 16.3 Å². The van der Waals surface area contributed by atoms with Crippen molar-refractivity contribution in [1.29, 1.82) is 0 Å². The van der Waals surface area contributed by atoms with Crippen molar-refractivity contribution < 1.29 is 14.3 Å². The van der Waals surface area contributed by atoms with Gasteiger partial charge in [-0.15, -0.1) is 0 Å². The van der Waals surface area contributed by atoms with Crippen LogP contribution in [0.1, 0.15) is 51.6 Å². The molecule has 0 radical (unpaired) electrons. The standard InChI is InChI=1S/C21H28ClN3O3/c1-21(2,3)28-20(27)23-9-6-19(26)25-10-7-14(8-11-25)18-13-15-12-16(22)4-5-17(15)24-18/h4-5,12-14,24H,6-11H2,1-3H3,(H,23,27). The van der Waals surface area contributed by atoms with Gasteiger partial charge in [0, 0.05) is 53.6 Å². The lowest BCUT2D eigenvalue weighted by Gasteiger charge is -2.31. The first-order chi connectivity index (χ1) is 13.2. The van der Waals surface area contributed by atoms with Gasteiger partial charge in [0.15, 0.2) is 0 Å². The molecule has 2 heterocycles. The second-order valence-electron chi connectivity index (χ2n) is 8.29. The van der Waals surface area contributed by atoms with Gasteiger partial charge in [-0.1, -0.05) is 11.6 Å². The number of H-pyrrole nitrogens is 1. The molecule has 0 aliphatic carbocycles. The average Bonchev–Trinajstić information content (AvgIpc) is 3.03. The third kappa shape index (κ3) is 5.41. The third-order valence-corrected chi connectivity index (χ3v) is 5.13. The Bertz CT molecular complexity index is 848. The van der Waals surface area contributed by atoms with Crippen molar-refractivity contribution in [3.05, 3.63) is 35.0 Å². The van der Waals surface area contributed by atoms with Gasteiger partial charge >= 0.3 is 6.09 Å². The van der Waals surface area contributed by atoms with E-state index < -0.39 is 11.7 Å². The number of nitrogens with one attached hydrogen (secondary N) is 2. The predicted octanol–water partition coefficient (Wildman–Crippen LogP) is 4.44. The maximum atomic E-state index is 12.4. The zero-order chi connectivity index (χ0) is 20.3. The number of benzene rings is 1. The summed E-state index contributed by atoms with van der Waals surface area (Å²) in [6.45, 7) is 7.17. The van der Waals surface area contributed by atoms with E-state index in [0.29, 0.717) is 5.92 Å². The van der Waals surface area contributed by atoms with Gasteiger partial charge in [0.2, 0.25) is 5.91 Å². The summed E-state index contributed by atoms with van der Waals surface area (Å²) in [5, 5.41) is 4.49. The van der Waals surface area contributed by atoms with Gasteiger partial charge in [-0.25, -0.2) is 4.79 Å². The van der Waals surface area contributed by atoms with Gasteiger partial charge in [0.25, 0.3) is 0 Å². The molecule has 0 unspecified atom stereocenters. The SMILES string of the molecule is CC(C)(C)OC(=O)NCCC(=O)N1CCC(c2cc3cc(Cl)ccc3[nH]2)CC1. The largest absolute Gasteiger partial charge is 0.444 e. The second-order valence-corrected chi connectivity index (χ2v) is 8.73. The number of carbonyl (C=O) groups excluding carboxylic acids is 2. The summed E-state index contributed by atoms with van der Waals surface area (Å²) in [5.41, 5.74) is 1.76. The van der Waals surface area contributed by atoms with Gasteiger partial charge < -0.3 is 19.9 Å². The van der Waals surface area contributed by atoms with Crippen LogP contribution in [0, 0.1) is 0 Å². The van der Waals surface area contributed by atoms with E-state index in [2.05, 4.69) is 16.4 Å². The number of alkyl carbamates (subject to hydrolysis) is 1. The van der Waals surface area contributed by atoms with E-state index in [1.54, 1.807) is 0 Å². The van der Waals surface area contributed by atoms with Crippen molar-refractivity contribution in [2.45, 2.75) is 51.6 Å². The summed E-state index contributed by atoms with van der Waals surface area (Å²) in [7, 11) is 0. The van der Waals surface area contributed by atoms with E-state index in [1.165, 1.54) is 5.69 Å². The number of aromatic nitrogens is 1. The summed E-state index contributed by atoms with van der Waals surface area (Å²) in [5.74, 6) is 0.480. The molecule has 6 nitrogen and oxygen atoms in total. The molecule has 152 valence electrons. The molecule has 2 amide bonds. The van der Waals surface area contributed by atoms with Crippen molar-refractivity contribution in [1.82, 2.24) is 15.2 Å². The van der Waals surface area contributed by atoms with Crippen LogP contribution in [0.15, 0.2) is 24.3 Å². The van der Waals surface area contributed by atoms with Crippen LogP contribution >= 0.6 is 11.6 Å². The number of nitrogens with zero attached hydrogens (tertiary/aromatic N) is 1. The van der Waals surface area contributed by atoms with Gasteiger partial charge in [0.1, 0.15) is 5.60 Å². The highest BCUT2D eigenvalue weighted by atomic mass is 35.5. The lowest BCUT2D eigenvalue weighted by atomic mass is 9.93. The van der Waals surface area contributed by atoms with Gasteiger partial charge in [-0.3, -0.25) is 4.79 Å². The fraction of sp³-hybridized carbons (Fsp3) is 0.524. The van der Waals surface area contributed by atoms with Gasteiger partial charge in [-0.05, 0) is 57.9 Å². The topological polar surface area (TPSA) is 74.4 Å². The smallest absolute Gasteiger partial charge is 0.407 e. The maximum absolute atomic E-state index is 12.4. The Morgan fingerprint density at radius 2 is 1.96 bits per heavy atom. The molecule has 1 aliphatic rings. The molecule has 0 saturated carbocycles. The van der Waals surface area contributed by atoms with Crippen LogP contribution in [0.3, 0.4) is 0 Å². The number of fused-ring (bicyclic) bond motifs is 1. The molecule has 0 atom stereocenters. The quantitative estimate of drug-likeness (QED) is 0.789. The third-order valence-electron chi connectivity index (χ3n) is 4.90. The van der Waals surface area contributed by atoms with Crippen LogP contribution in [0.5, 0.6) is 0 Å². The first-order valence-electron chi connectivity index (χ1n) is 9.74. The Hall–Kier alpha value is -2.21. The minimum Gasteiger partial charge on any atom is -0.444 e. The first-order valence-corrected chi connectivity index (χ1v) is 10.1. The highest BCUT2D eigenvalue weighted by Crippen LogP contribution is 2.31. The molecule has 1 saturated heterocycles. The highest BCUT2D eigenvalue weighted by Gasteiger charge is 2.25. The Kier molecular flexibility index (Phi) is 6.18. The van der Waals surface area contributed by atoms with E-state index in [0.717, 1.165) is 41.9 Å². The van der Waals surface area contributed by atoms with E-state index in [-0.39, 0.29) is 18.9 Å². The molecule has 7 heteroatoms. The fourth-order valence-corrected chi connectivity index (χ4v) is 3.71.